The minimum Gasteiger partial charge on any atom is -0.400 e. The van der Waals surface area contributed by atoms with Crippen molar-refractivity contribution in [2.24, 2.45) is 5.41 Å². The number of hydrogen-bond acceptors (Lipinski definition) is 2. The summed E-state index contributed by atoms with van der Waals surface area (Å²) in [5.41, 5.74) is 1.64. The third-order valence-corrected chi connectivity index (χ3v) is 5.12. The summed E-state index contributed by atoms with van der Waals surface area (Å²) in [6, 6.07) is 0. The molecule has 1 aliphatic heterocycles. The van der Waals surface area contributed by atoms with Crippen LogP contribution in [0.25, 0.3) is 0 Å². The smallest absolute Gasteiger partial charge is 0.400 e. The van der Waals surface area contributed by atoms with Gasteiger partial charge in [0.15, 0.2) is 0 Å². The van der Waals surface area contributed by atoms with E-state index >= 15 is 0 Å². The van der Waals surface area contributed by atoms with Gasteiger partial charge in [-0.25, -0.2) is 0 Å². The van der Waals surface area contributed by atoms with Crippen LogP contribution in [0.2, 0.25) is 0 Å². The fourth-order valence-electron chi connectivity index (χ4n) is 3.22. The van der Waals surface area contributed by atoms with Crippen LogP contribution < -0.4 is 0 Å². The van der Waals surface area contributed by atoms with Crippen molar-refractivity contribution in [2.75, 3.05) is 0 Å². The van der Waals surface area contributed by atoms with Crippen LogP contribution in [-0.4, -0.2) is 18.3 Å². The predicted molar refractivity (Wildman–Crippen MR) is 74.2 cm³/mol. The average Bonchev–Trinajstić information content (AvgIpc) is 2.70. The Kier molecular flexibility index (Phi) is 2.59. The van der Waals surface area contributed by atoms with Gasteiger partial charge in [0.25, 0.3) is 0 Å². The first-order valence-corrected chi connectivity index (χ1v) is 7.02. The van der Waals surface area contributed by atoms with Crippen LogP contribution >= 0.6 is 0 Å². The molecule has 0 amide bonds. The van der Waals surface area contributed by atoms with Gasteiger partial charge in [0, 0.05) is 0 Å². The van der Waals surface area contributed by atoms with Crippen LogP contribution in [-0.2, 0) is 9.31 Å². The second-order valence-electron chi connectivity index (χ2n) is 7.18. The number of rotatable bonds is 1. The van der Waals surface area contributed by atoms with Gasteiger partial charge in [-0.1, -0.05) is 23.7 Å². The maximum atomic E-state index is 6.01. The summed E-state index contributed by atoms with van der Waals surface area (Å²) in [7, 11) is -0.156. The van der Waals surface area contributed by atoms with Crippen molar-refractivity contribution in [2.45, 2.75) is 64.6 Å². The monoisotopic (exact) mass is 246 g/mol. The Morgan fingerprint density at radius 2 is 1.50 bits per heavy atom. The zero-order valence-corrected chi connectivity index (χ0v) is 12.0. The molecule has 3 heteroatoms. The number of hydrogen-bond donors (Lipinski definition) is 0. The van der Waals surface area contributed by atoms with E-state index in [9.17, 15) is 0 Å². The molecule has 0 N–H and O–H groups in total. The largest absolute Gasteiger partial charge is 0.487 e. The third kappa shape index (κ3) is 1.88. The van der Waals surface area contributed by atoms with E-state index in [4.69, 9.17) is 9.31 Å². The summed E-state index contributed by atoms with van der Waals surface area (Å²) in [4.78, 5) is 0. The van der Waals surface area contributed by atoms with Gasteiger partial charge in [-0.2, -0.15) is 0 Å². The van der Waals surface area contributed by atoms with E-state index in [2.05, 4.69) is 45.8 Å². The molecule has 3 aliphatic rings. The molecule has 0 bridgehead atoms. The quantitative estimate of drug-likeness (QED) is 0.519. The van der Waals surface area contributed by atoms with E-state index in [1.165, 1.54) is 31.3 Å². The Morgan fingerprint density at radius 3 is 2.00 bits per heavy atom. The standard InChI is InChI=1S/C15H23BO2/c1-13(2)14(3,4)18-16(17-13)11-12-9-15(10-12)7-5-6-8-15/h5-6,11H,7-10H2,1-4H3. The molecule has 2 aliphatic carbocycles. The van der Waals surface area contributed by atoms with Crippen molar-refractivity contribution in [3.63, 3.8) is 0 Å². The van der Waals surface area contributed by atoms with E-state index in [0.29, 0.717) is 5.41 Å². The SMILES string of the molecule is CC1(C)OB(C=C2CC3(CC=CC3)C2)OC1(C)C. The van der Waals surface area contributed by atoms with Crippen molar-refractivity contribution < 1.29 is 9.31 Å². The fraction of sp³-hybridized carbons (Fsp3) is 0.733. The molecule has 0 aromatic heterocycles. The Bertz CT molecular complexity index is 386. The molecular weight excluding hydrogens is 223 g/mol. The molecule has 3 rings (SSSR count). The highest BCUT2D eigenvalue weighted by molar-refractivity contribution is 6.51. The molecule has 1 spiro atoms. The van der Waals surface area contributed by atoms with Gasteiger partial charge in [0.1, 0.15) is 0 Å². The van der Waals surface area contributed by atoms with Crippen LogP contribution in [0, 0.1) is 5.41 Å². The van der Waals surface area contributed by atoms with Gasteiger partial charge in [0.05, 0.1) is 11.2 Å². The molecule has 1 saturated heterocycles. The van der Waals surface area contributed by atoms with Gasteiger partial charge in [-0.15, -0.1) is 0 Å². The van der Waals surface area contributed by atoms with Crippen molar-refractivity contribution in [3.05, 3.63) is 23.7 Å². The van der Waals surface area contributed by atoms with Crippen LogP contribution in [0.4, 0.5) is 0 Å². The average molecular weight is 246 g/mol. The zero-order valence-electron chi connectivity index (χ0n) is 12.0. The van der Waals surface area contributed by atoms with Crippen LogP contribution in [0.15, 0.2) is 23.7 Å². The highest BCUT2D eigenvalue weighted by atomic mass is 16.7. The highest BCUT2D eigenvalue weighted by Gasteiger charge is 2.51. The molecule has 18 heavy (non-hydrogen) atoms. The second-order valence-corrected chi connectivity index (χ2v) is 7.18. The summed E-state index contributed by atoms with van der Waals surface area (Å²) in [5.74, 6) is 2.21. The Labute approximate surface area is 111 Å². The zero-order chi connectivity index (χ0) is 13.0. The van der Waals surface area contributed by atoms with E-state index in [1.807, 2.05) is 0 Å². The lowest BCUT2D eigenvalue weighted by atomic mass is 9.61. The summed E-state index contributed by atoms with van der Waals surface area (Å²) in [6.45, 7) is 8.42. The van der Waals surface area contributed by atoms with Gasteiger partial charge in [-0.3, -0.25) is 0 Å². The lowest BCUT2D eigenvalue weighted by molar-refractivity contribution is 0.00578. The topological polar surface area (TPSA) is 18.5 Å². The van der Waals surface area contributed by atoms with Crippen LogP contribution in [0.3, 0.4) is 0 Å². The Hall–Kier alpha value is -0.535. The summed E-state index contributed by atoms with van der Waals surface area (Å²) in [5, 5.41) is 0. The molecule has 0 atom stereocenters. The Balaban J connectivity index is 1.63. The molecule has 0 aromatic rings. The first kappa shape index (κ1) is 12.5. The van der Waals surface area contributed by atoms with Crippen molar-refractivity contribution in [1.82, 2.24) is 0 Å². The predicted octanol–water partition coefficient (Wildman–Crippen LogP) is 3.67. The van der Waals surface area contributed by atoms with Gasteiger partial charge >= 0.3 is 7.12 Å². The first-order valence-electron chi connectivity index (χ1n) is 7.02. The Morgan fingerprint density at radius 1 is 1.00 bits per heavy atom. The van der Waals surface area contributed by atoms with Crippen molar-refractivity contribution in [3.8, 4) is 0 Å². The maximum absolute atomic E-state index is 6.01. The molecule has 98 valence electrons. The van der Waals surface area contributed by atoms with Crippen molar-refractivity contribution >= 4 is 7.12 Å². The van der Waals surface area contributed by atoms with Crippen molar-refractivity contribution in [1.29, 1.82) is 0 Å². The molecule has 0 aromatic carbocycles. The fourth-order valence-corrected chi connectivity index (χ4v) is 3.22. The third-order valence-electron chi connectivity index (χ3n) is 5.12. The molecular formula is C15H23BO2. The molecule has 2 fully saturated rings. The highest BCUT2D eigenvalue weighted by Crippen LogP contribution is 2.53. The molecule has 1 saturated carbocycles. The summed E-state index contributed by atoms with van der Waals surface area (Å²) >= 11 is 0. The van der Waals surface area contributed by atoms with Crippen LogP contribution in [0.1, 0.15) is 53.4 Å². The molecule has 1 heterocycles. The minimum atomic E-state index is -0.217. The summed E-state index contributed by atoms with van der Waals surface area (Å²) < 4.78 is 12.0. The van der Waals surface area contributed by atoms with Crippen LogP contribution in [0.5, 0.6) is 0 Å². The first-order chi connectivity index (χ1) is 8.32. The van der Waals surface area contributed by atoms with E-state index in [-0.39, 0.29) is 18.3 Å². The van der Waals surface area contributed by atoms with E-state index < -0.39 is 0 Å². The van der Waals surface area contributed by atoms with Gasteiger partial charge in [-0.05, 0) is 58.8 Å². The van der Waals surface area contributed by atoms with Gasteiger partial charge < -0.3 is 9.31 Å². The number of allylic oxidation sites excluding steroid dienone is 3. The molecule has 0 unspecified atom stereocenters. The normalized spacial score (nSPS) is 30.9. The molecule has 2 nitrogen and oxygen atoms in total. The minimum absolute atomic E-state index is 0.156. The molecule has 0 radical (unpaired) electrons. The second kappa shape index (κ2) is 3.74. The maximum Gasteiger partial charge on any atom is 0.487 e. The summed E-state index contributed by atoms with van der Waals surface area (Å²) in [6.07, 6.45) is 9.62. The lowest BCUT2D eigenvalue weighted by Crippen LogP contribution is -2.41. The lowest BCUT2D eigenvalue weighted by Gasteiger charge is -2.41. The van der Waals surface area contributed by atoms with Gasteiger partial charge in [0.2, 0.25) is 0 Å². The van der Waals surface area contributed by atoms with E-state index in [1.54, 1.807) is 0 Å². The van der Waals surface area contributed by atoms with E-state index in [0.717, 1.165) is 0 Å².